The molecule has 0 saturated carbocycles. The number of hydrogen-bond acceptors (Lipinski definition) is 5. The molecule has 0 N–H and O–H groups in total. The third kappa shape index (κ3) is 3.35. The van der Waals surface area contributed by atoms with Gasteiger partial charge in [0.05, 0.1) is 14.6 Å². The molecule has 1 aliphatic heterocycles. The van der Waals surface area contributed by atoms with Gasteiger partial charge in [-0.15, -0.1) is 22.7 Å². The molecule has 7 heteroatoms. The average molecular weight is 348 g/mol. The van der Waals surface area contributed by atoms with Gasteiger partial charge < -0.3 is 9.80 Å². The van der Waals surface area contributed by atoms with Crippen molar-refractivity contribution in [1.29, 1.82) is 0 Å². The summed E-state index contributed by atoms with van der Waals surface area (Å²) in [6.45, 7) is 3.60. The highest BCUT2D eigenvalue weighted by Crippen LogP contribution is 2.20. The summed E-state index contributed by atoms with van der Waals surface area (Å²) in [5, 5.41) is 1.89. The van der Waals surface area contributed by atoms with E-state index in [9.17, 15) is 14.4 Å². The summed E-state index contributed by atoms with van der Waals surface area (Å²) in [7, 11) is 0. The van der Waals surface area contributed by atoms with Gasteiger partial charge >= 0.3 is 0 Å². The van der Waals surface area contributed by atoms with Crippen LogP contribution in [-0.4, -0.2) is 53.6 Å². The van der Waals surface area contributed by atoms with Gasteiger partial charge in [-0.25, -0.2) is 0 Å². The second-order valence-electron chi connectivity index (χ2n) is 5.28. The standard InChI is InChI=1S/C16H16N2O3S2/c1-11(19)12-4-5-14(23-12)16(21)18-8-6-17(7-9-18)15(20)13-3-2-10-22-13/h2-5,10H,6-9H2,1H3. The zero-order valence-corrected chi connectivity index (χ0v) is 14.3. The summed E-state index contributed by atoms with van der Waals surface area (Å²) in [4.78, 5) is 41.5. The van der Waals surface area contributed by atoms with Crippen molar-refractivity contribution >= 4 is 40.3 Å². The average Bonchev–Trinajstić information content (AvgIpc) is 3.25. The second-order valence-corrected chi connectivity index (χ2v) is 7.31. The number of amides is 2. The van der Waals surface area contributed by atoms with Crippen molar-refractivity contribution in [2.45, 2.75) is 6.92 Å². The Bertz CT molecular complexity index is 728. The predicted octanol–water partition coefficient (Wildman–Crippen LogP) is 2.61. The lowest BCUT2D eigenvalue weighted by molar-refractivity contribution is 0.0541. The summed E-state index contributed by atoms with van der Waals surface area (Å²) in [5.74, 6) is -0.0618. The maximum atomic E-state index is 12.5. The molecular formula is C16H16N2O3S2. The number of nitrogens with zero attached hydrogens (tertiary/aromatic N) is 2. The van der Waals surface area contributed by atoms with Crippen molar-refractivity contribution in [3.8, 4) is 0 Å². The lowest BCUT2D eigenvalue weighted by Crippen LogP contribution is -2.50. The van der Waals surface area contributed by atoms with E-state index in [1.165, 1.54) is 29.6 Å². The van der Waals surface area contributed by atoms with Crippen LogP contribution in [0.3, 0.4) is 0 Å². The first-order valence-corrected chi connectivity index (χ1v) is 8.98. The minimum atomic E-state index is -0.0641. The van der Waals surface area contributed by atoms with E-state index in [1.54, 1.807) is 21.9 Å². The van der Waals surface area contributed by atoms with Crippen molar-refractivity contribution in [3.63, 3.8) is 0 Å². The minimum absolute atomic E-state index is 0.0274. The highest BCUT2D eigenvalue weighted by atomic mass is 32.1. The molecule has 120 valence electrons. The molecule has 0 aromatic carbocycles. The van der Waals surface area contributed by atoms with Crippen LogP contribution in [-0.2, 0) is 0 Å². The topological polar surface area (TPSA) is 57.7 Å². The number of ketones is 1. The SMILES string of the molecule is CC(=O)c1ccc(C(=O)N2CCN(C(=O)c3cccs3)CC2)s1. The highest BCUT2D eigenvalue weighted by molar-refractivity contribution is 7.16. The Balaban J connectivity index is 1.61. The molecule has 0 spiro atoms. The maximum Gasteiger partial charge on any atom is 0.264 e. The molecule has 0 bridgehead atoms. The zero-order chi connectivity index (χ0) is 16.4. The van der Waals surface area contributed by atoms with E-state index in [0.29, 0.717) is 35.9 Å². The van der Waals surface area contributed by atoms with Crippen molar-refractivity contribution in [2.24, 2.45) is 0 Å². The van der Waals surface area contributed by atoms with Crippen molar-refractivity contribution in [1.82, 2.24) is 9.80 Å². The molecule has 0 aliphatic carbocycles. The third-order valence-corrected chi connectivity index (χ3v) is 5.78. The van der Waals surface area contributed by atoms with Crippen molar-refractivity contribution in [2.75, 3.05) is 26.2 Å². The van der Waals surface area contributed by atoms with E-state index in [2.05, 4.69) is 0 Å². The van der Waals surface area contributed by atoms with Gasteiger partial charge in [0.15, 0.2) is 5.78 Å². The Hall–Kier alpha value is -1.99. The fourth-order valence-corrected chi connectivity index (χ4v) is 4.03. The van der Waals surface area contributed by atoms with Gasteiger partial charge in [0.2, 0.25) is 0 Å². The fraction of sp³-hybridized carbons (Fsp3) is 0.312. The Labute approximate surface area is 142 Å². The number of hydrogen-bond donors (Lipinski definition) is 0. The van der Waals surface area contributed by atoms with Crippen LogP contribution in [0.1, 0.15) is 35.9 Å². The van der Waals surface area contributed by atoms with Gasteiger partial charge in [0, 0.05) is 26.2 Å². The molecule has 1 saturated heterocycles. The quantitative estimate of drug-likeness (QED) is 0.801. The summed E-state index contributed by atoms with van der Waals surface area (Å²) in [5.41, 5.74) is 0. The van der Waals surface area contributed by atoms with E-state index in [-0.39, 0.29) is 17.6 Å². The minimum Gasteiger partial charge on any atom is -0.334 e. The van der Waals surface area contributed by atoms with E-state index < -0.39 is 0 Å². The molecule has 2 aromatic rings. The van der Waals surface area contributed by atoms with Gasteiger partial charge in [-0.2, -0.15) is 0 Å². The molecule has 23 heavy (non-hydrogen) atoms. The number of carbonyl (C=O) groups is 3. The molecule has 0 radical (unpaired) electrons. The van der Waals surface area contributed by atoms with Gasteiger partial charge in [0.1, 0.15) is 0 Å². The predicted molar refractivity (Wildman–Crippen MR) is 90.4 cm³/mol. The smallest absolute Gasteiger partial charge is 0.264 e. The fourth-order valence-electron chi connectivity index (χ4n) is 2.47. The Morgan fingerprint density at radius 2 is 1.43 bits per heavy atom. The number of piperazine rings is 1. The van der Waals surface area contributed by atoms with Gasteiger partial charge in [0.25, 0.3) is 11.8 Å². The van der Waals surface area contributed by atoms with Crippen molar-refractivity contribution in [3.05, 3.63) is 44.3 Å². The van der Waals surface area contributed by atoms with Crippen LogP contribution < -0.4 is 0 Å². The van der Waals surface area contributed by atoms with Crippen LogP contribution in [0.15, 0.2) is 29.6 Å². The molecule has 5 nitrogen and oxygen atoms in total. The molecule has 0 atom stereocenters. The summed E-state index contributed by atoms with van der Waals surface area (Å²) in [6.07, 6.45) is 0. The molecule has 0 unspecified atom stereocenters. The largest absolute Gasteiger partial charge is 0.334 e. The monoisotopic (exact) mass is 348 g/mol. The Morgan fingerprint density at radius 1 is 0.870 bits per heavy atom. The zero-order valence-electron chi connectivity index (χ0n) is 12.7. The Kier molecular flexibility index (Phi) is 4.58. The van der Waals surface area contributed by atoms with E-state index in [0.717, 1.165) is 4.88 Å². The molecule has 2 amide bonds. The molecule has 2 aromatic heterocycles. The molecule has 3 rings (SSSR count). The number of rotatable bonds is 3. The molecule has 1 fully saturated rings. The van der Waals surface area contributed by atoms with E-state index in [1.807, 2.05) is 17.5 Å². The third-order valence-electron chi connectivity index (χ3n) is 3.75. The highest BCUT2D eigenvalue weighted by Gasteiger charge is 2.26. The summed E-state index contributed by atoms with van der Waals surface area (Å²) >= 11 is 2.66. The van der Waals surface area contributed by atoms with Crippen LogP contribution in [0, 0.1) is 0 Å². The normalized spacial score (nSPS) is 14.8. The van der Waals surface area contributed by atoms with Gasteiger partial charge in [-0.3, -0.25) is 14.4 Å². The number of Topliss-reactive ketones (excluding diaryl/α,β-unsaturated/α-hetero) is 1. The van der Waals surface area contributed by atoms with E-state index >= 15 is 0 Å². The lowest BCUT2D eigenvalue weighted by Gasteiger charge is -2.34. The first-order valence-electron chi connectivity index (χ1n) is 7.29. The summed E-state index contributed by atoms with van der Waals surface area (Å²) in [6, 6.07) is 7.07. The maximum absolute atomic E-state index is 12.5. The molecular weight excluding hydrogens is 332 g/mol. The first kappa shape index (κ1) is 15.9. The molecule has 3 heterocycles. The van der Waals surface area contributed by atoms with Crippen LogP contribution in [0.4, 0.5) is 0 Å². The van der Waals surface area contributed by atoms with Crippen LogP contribution in [0.25, 0.3) is 0 Å². The van der Waals surface area contributed by atoms with Crippen molar-refractivity contribution < 1.29 is 14.4 Å². The van der Waals surface area contributed by atoms with E-state index in [4.69, 9.17) is 0 Å². The first-order chi connectivity index (χ1) is 11.1. The Morgan fingerprint density at radius 3 is 1.91 bits per heavy atom. The van der Waals surface area contributed by atoms with Crippen LogP contribution in [0.5, 0.6) is 0 Å². The van der Waals surface area contributed by atoms with Gasteiger partial charge in [-0.05, 0) is 30.5 Å². The van der Waals surface area contributed by atoms with Gasteiger partial charge in [-0.1, -0.05) is 6.07 Å². The summed E-state index contributed by atoms with van der Waals surface area (Å²) < 4.78 is 0. The van der Waals surface area contributed by atoms with Crippen LogP contribution in [0.2, 0.25) is 0 Å². The lowest BCUT2D eigenvalue weighted by atomic mass is 10.2. The number of carbonyl (C=O) groups excluding carboxylic acids is 3. The van der Waals surface area contributed by atoms with Crippen LogP contribution >= 0.6 is 22.7 Å². The second kappa shape index (κ2) is 6.64. The number of thiophene rings is 2. The molecule has 1 aliphatic rings.